The van der Waals surface area contributed by atoms with E-state index in [-0.39, 0.29) is 23.9 Å². The summed E-state index contributed by atoms with van der Waals surface area (Å²) in [6.45, 7) is 5.31. The van der Waals surface area contributed by atoms with Crippen LogP contribution in [0, 0.1) is 12.3 Å². The Morgan fingerprint density at radius 3 is 2.63 bits per heavy atom. The lowest BCUT2D eigenvalue weighted by Crippen LogP contribution is -2.25. The molecule has 0 unspecified atom stereocenters. The Hall–Kier alpha value is -1.62. The first kappa shape index (κ1) is 15.4. The van der Waals surface area contributed by atoms with Crippen LogP contribution in [-0.4, -0.2) is 22.0 Å². The quantitative estimate of drug-likeness (QED) is 0.815. The number of hydrogen-bond acceptors (Lipinski definition) is 3. The number of aromatic nitrogens is 1. The largest absolute Gasteiger partial charge is 0.481 e. The molecule has 0 aliphatic heterocycles. The average molecular weight is 285 g/mol. The third kappa shape index (κ3) is 5.26. The molecular formula is C13H17ClN2O3. The molecule has 5 nitrogen and oxygen atoms in total. The molecule has 1 heterocycles. The second-order valence-electron chi connectivity index (χ2n) is 5.31. The highest BCUT2D eigenvalue weighted by Gasteiger charge is 2.25. The summed E-state index contributed by atoms with van der Waals surface area (Å²) in [4.78, 5) is 26.5. The summed E-state index contributed by atoms with van der Waals surface area (Å²) in [6, 6.07) is 1.72. The first-order valence-electron chi connectivity index (χ1n) is 5.83. The van der Waals surface area contributed by atoms with Crippen molar-refractivity contribution in [3.05, 3.63) is 23.0 Å². The highest BCUT2D eigenvalue weighted by atomic mass is 35.5. The fourth-order valence-corrected chi connectivity index (χ4v) is 1.89. The Morgan fingerprint density at radius 2 is 2.05 bits per heavy atom. The molecule has 0 fully saturated rings. The first-order chi connectivity index (χ1) is 8.69. The maximum Gasteiger partial charge on any atom is 0.303 e. The van der Waals surface area contributed by atoms with E-state index in [0.717, 1.165) is 5.56 Å². The van der Waals surface area contributed by atoms with E-state index >= 15 is 0 Å². The van der Waals surface area contributed by atoms with Crippen molar-refractivity contribution in [2.24, 2.45) is 5.41 Å². The number of amides is 1. The van der Waals surface area contributed by atoms with Gasteiger partial charge < -0.3 is 10.4 Å². The summed E-state index contributed by atoms with van der Waals surface area (Å²) >= 11 is 5.88. The standard InChI is InChI=1S/C13H17ClN2O3/c1-8-4-9(12(14)15-7-8)16-10(17)5-13(2,3)6-11(18)19/h4,7H,5-6H2,1-3H3,(H,16,17)(H,18,19). The van der Waals surface area contributed by atoms with Gasteiger partial charge in [-0.05, 0) is 24.0 Å². The summed E-state index contributed by atoms with van der Waals surface area (Å²) in [5, 5.41) is 11.6. The van der Waals surface area contributed by atoms with Crippen molar-refractivity contribution in [1.82, 2.24) is 4.98 Å². The van der Waals surface area contributed by atoms with Gasteiger partial charge in [0.25, 0.3) is 0 Å². The van der Waals surface area contributed by atoms with Gasteiger partial charge in [-0.25, -0.2) is 4.98 Å². The van der Waals surface area contributed by atoms with Crippen molar-refractivity contribution in [2.75, 3.05) is 5.32 Å². The minimum Gasteiger partial charge on any atom is -0.481 e. The lowest BCUT2D eigenvalue weighted by atomic mass is 9.85. The van der Waals surface area contributed by atoms with Crippen LogP contribution in [0.25, 0.3) is 0 Å². The van der Waals surface area contributed by atoms with Gasteiger partial charge in [-0.3, -0.25) is 9.59 Å². The number of aryl methyl sites for hydroxylation is 1. The number of rotatable bonds is 5. The van der Waals surface area contributed by atoms with Gasteiger partial charge in [0.15, 0.2) is 5.15 Å². The first-order valence-corrected chi connectivity index (χ1v) is 6.21. The predicted octanol–water partition coefficient (Wildman–Crippen LogP) is 2.87. The van der Waals surface area contributed by atoms with Crippen molar-refractivity contribution in [3.8, 4) is 0 Å². The number of carboxylic acid groups (broad SMARTS) is 1. The van der Waals surface area contributed by atoms with Crippen molar-refractivity contribution < 1.29 is 14.7 Å². The summed E-state index contributed by atoms with van der Waals surface area (Å²) in [7, 11) is 0. The van der Waals surface area contributed by atoms with Gasteiger partial charge in [0, 0.05) is 12.6 Å². The number of pyridine rings is 1. The minimum atomic E-state index is -0.923. The van der Waals surface area contributed by atoms with Crippen LogP contribution in [0.1, 0.15) is 32.3 Å². The van der Waals surface area contributed by atoms with Gasteiger partial charge in [0.2, 0.25) is 5.91 Å². The second-order valence-corrected chi connectivity index (χ2v) is 5.67. The molecule has 0 radical (unpaired) electrons. The van der Waals surface area contributed by atoms with Gasteiger partial charge in [-0.1, -0.05) is 25.4 Å². The molecule has 2 N–H and O–H groups in total. The normalized spacial score (nSPS) is 11.2. The van der Waals surface area contributed by atoms with Crippen LogP contribution in [0.4, 0.5) is 5.69 Å². The summed E-state index contributed by atoms with van der Waals surface area (Å²) < 4.78 is 0. The SMILES string of the molecule is Cc1cnc(Cl)c(NC(=O)CC(C)(C)CC(=O)O)c1. The van der Waals surface area contributed by atoms with E-state index in [1.807, 2.05) is 6.92 Å². The van der Waals surface area contributed by atoms with Gasteiger partial charge in [-0.2, -0.15) is 0 Å². The highest BCUT2D eigenvalue weighted by molar-refractivity contribution is 6.32. The summed E-state index contributed by atoms with van der Waals surface area (Å²) in [5.41, 5.74) is 0.710. The number of nitrogens with zero attached hydrogens (tertiary/aromatic N) is 1. The number of aliphatic carboxylic acids is 1. The molecule has 6 heteroatoms. The molecule has 0 saturated heterocycles. The van der Waals surface area contributed by atoms with Crippen molar-refractivity contribution >= 4 is 29.2 Å². The average Bonchev–Trinajstić information content (AvgIpc) is 2.20. The summed E-state index contributed by atoms with van der Waals surface area (Å²) in [5.74, 6) is -1.20. The van der Waals surface area contributed by atoms with Crippen LogP contribution >= 0.6 is 11.6 Å². The number of carboxylic acids is 1. The molecule has 0 atom stereocenters. The van der Waals surface area contributed by atoms with E-state index in [1.165, 1.54) is 0 Å². The molecule has 1 aromatic heterocycles. The van der Waals surface area contributed by atoms with Crippen LogP contribution < -0.4 is 5.32 Å². The minimum absolute atomic E-state index is 0.0692. The van der Waals surface area contributed by atoms with E-state index in [9.17, 15) is 9.59 Å². The number of halogens is 1. The molecular weight excluding hydrogens is 268 g/mol. The lowest BCUT2D eigenvalue weighted by Gasteiger charge is -2.21. The molecule has 1 rings (SSSR count). The van der Waals surface area contributed by atoms with E-state index in [2.05, 4.69) is 10.3 Å². The zero-order valence-electron chi connectivity index (χ0n) is 11.2. The highest BCUT2D eigenvalue weighted by Crippen LogP contribution is 2.27. The Morgan fingerprint density at radius 1 is 1.42 bits per heavy atom. The van der Waals surface area contributed by atoms with Crippen LogP contribution in [0.3, 0.4) is 0 Å². The van der Waals surface area contributed by atoms with E-state index in [1.54, 1.807) is 26.1 Å². The molecule has 0 saturated carbocycles. The van der Waals surface area contributed by atoms with Crippen molar-refractivity contribution in [3.63, 3.8) is 0 Å². The molecule has 0 spiro atoms. The number of anilines is 1. The monoisotopic (exact) mass is 284 g/mol. The maximum atomic E-state index is 11.9. The lowest BCUT2D eigenvalue weighted by molar-refractivity contribution is -0.139. The fraction of sp³-hybridized carbons (Fsp3) is 0.462. The molecule has 104 valence electrons. The Balaban J connectivity index is 2.70. The Kier molecular flexibility index (Phi) is 4.89. The van der Waals surface area contributed by atoms with E-state index in [0.29, 0.717) is 5.69 Å². The fourth-order valence-electron chi connectivity index (χ4n) is 1.74. The van der Waals surface area contributed by atoms with Crippen molar-refractivity contribution in [1.29, 1.82) is 0 Å². The number of carbonyl (C=O) groups excluding carboxylic acids is 1. The van der Waals surface area contributed by atoms with Crippen LogP contribution in [-0.2, 0) is 9.59 Å². The van der Waals surface area contributed by atoms with Crippen LogP contribution in [0.15, 0.2) is 12.3 Å². The van der Waals surface area contributed by atoms with Gasteiger partial charge in [0.05, 0.1) is 12.1 Å². The van der Waals surface area contributed by atoms with Crippen LogP contribution in [0.2, 0.25) is 5.15 Å². The van der Waals surface area contributed by atoms with E-state index in [4.69, 9.17) is 16.7 Å². The molecule has 0 bridgehead atoms. The molecule has 1 aromatic rings. The molecule has 19 heavy (non-hydrogen) atoms. The maximum absolute atomic E-state index is 11.9. The molecule has 0 aromatic carbocycles. The Bertz CT molecular complexity index is 501. The van der Waals surface area contributed by atoms with Crippen LogP contribution in [0.5, 0.6) is 0 Å². The van der Waals surface area contributed by atoms with Gasteiger partial charge >= 0.3 is 5.97 Å². The third-order valence-corrected chi connectivity index (χ3v) is 2.82. The molecule has 0 aliphatic rings. The number of nitrogens with one attached hydrogen (secondary N) is 1. The summed E-state index contributed by atoms with van der Waals surface area (Å²) in [6.07, 6.45) is 1.64. The molecule has 1 amide bonds. The van der Waals surface area contributed by atoms with Gasteiger partial charge in [0.1, 0.15) is 0 Å². The second kappa shape index (κ2) is 6.02. The third-order valence-electron chi connectivity index (χ3n) is 2.52. The zero-order chi connectivity index (χ0) is 14.6. The number of carbonyl (C=O) groups is 2. The van der Waals surface area contributed by atoms with E-state index < -0.39 is 11.4 Å². The Labute approximate surface area is 117 Å². The molecule has 0 aliphatic carbocycles. The zero-order valence-corrected chi connectivity index (χ0v) is 11.9. The number of hydrogen-bond donors (Lipinski definition) is 2. The smallest absolute Gasteiger partial charge is 0.303 e. The predicted molar refractivity (Wildman–Crippen MR) is 73.3 cm³/mol. The van der Waals surface area contributed by atoms with Gasteiger partial charge in [-0.15, -0.1) is 0 Å². The topological polar surface area (TPSA) is 79.3 Å². The van der Waals surface area contributed by atoms with Crippen molar-refractivity contribution in [2.45, 2.75) is 33.6 Å².